The summed E-state index contributed by atoms with van der Waals surface area (Å²) in [6.07, 6.45) is 0. The maximum atomic E-state index is 2.59. The van der Waals surface area contributed by atoms with E-state index in [0.29, 0.717) is 0 Å². The molecule has 9 aromatic carbocycles. The van der Waals surface area contributed by atoms with E-state index in [1.165, 1.54) is 106 Å². The van der Waals surface area contributed by atoms with Crippen LogP contribution >= 0.6 is 0 Å². The summed E-state index contributed by atoms with van der Waals surface area (Å²) in [5, 5.41) is 0. The number of fused-ring (bicyclic) bond motifs is 13. The normalized spacial score (nSPS) is 14.5. The lowest BCUT2D eigenvalue weighted by atomic mass is 9.68. The van der Waals surface area contributed by atoms with E-state index >= 15 is 0 Å². The number of hydrogen-bond donors (Lipinski definition) is 0. The molecule has 0 saturated carbocycles. The monoisotopic (exact) mass is 863 g/mol. The average Bonchev–Trinajstić information content (AvgIpc) is 3.90. The van der Waals surface area contributed by atoms with Gasteiger partial charge < -0.3 is 4.90 Å². The zero-order valence-corrected chi connectivity index (χ0v) is 40.0. The van der Waals surface area contributed by atoms with Gasteiger partial charge in [0.15, 0.2) is 0 Å². The van der Waals surface area contributed by atoms with E-state index in [0.717, 1.165) is 11.4 Å². The molecule has 326 valence electrons. The Morgan fingerprint density at radius 2 is 0.776 bits per heavy atom. The van der Waals surface area contributed by atoms with E-state index in [1.54, 1.807) is 0 Å². The van der Waals surface area contributed by atoms with Gasteiger partial charge in [0.1, 0.15) is 0 Å². The molecule has 3 aliphatic rings. The number of nitrogens with zero attached hydrogens (tertiary/aromatic N) is 1. The third kappa shape index (κ3) is 6.13. The molecule has 67 heavy (non-hydrogen) atoms. The first-order chi connectivity index (χ1) is 32.2. The Morgan fingerprint density at radius 3 is 1.36 bits per heavy atom. The second-order valence-electron chi connectivity index (χ2n) is 21.7. The molecule has 1 nitrogen and oxygen atoms in total. The van der Waals surface area contributed by atoms with E-state index in [9.17, 15) is 0 Å². The molecule has 9 aromatic rings. The topological polar surface area (TPSA) is 3.24 Å². The standard InChI is InChI=1S/C66H57N/c1-63(2,3)46-32-36-54-59(38-46)66(56-24-16-13-21-51(56)52-22-14-17-25-57(52)66)60-39-47(64(4,5)6)40-61(62(54)60)67(49-35-37-53-50-20-12-15-23-55(50)65(7,8)58(53)41-49)48-33-30-45(31-34-48)44-28-26-43(27-29-44)42-18-10-9-11-19-42/h9-41H,1-8H3. The molecule has 0 amide bonds. The Hall–Kier alpha value is -7.22. The van der Waals surface area contributed by atoms with Gasteiger partial charge in [-0.15, -0.1) is 0 Å². The Kier molecular flexibility index (Phi) is 9.01. The van der Waals surface area contributed by atoms with Crippen LogP contribution in [0.4, 0.5) is 17.1 Å². The van der Waals surface area contributed by atoms with Crippen molar-refractivity contribution in [1.29, 1.82) is 0 Å². The van der Waals surface area contributed by atoms with Gasteiger partial charge in [0.2, 0.25) is 0 Å². The summed E-state index contributed by atoms with van der Waals surface area (Å²) < 4.78 is 0. The van der Waals surface area contributed by atoms with Crippen molar-refractivity contribution in [2.75, 3.05) is 4.90 Å². The van der Waals surface area contributed by atoms with Crippen LogP contribution in [0.5, 0.6) is 0 Å². The highest BCUT2D eigenvalue weighted by atomic mass is 15.1. The molecule has 0 atom stereocenters. The minimum Gasteiger partial charge on any atom is -0.310 e. The smallest absolute Gasteiger partial charge is 0.0726 e. The SMILES string of the molecule is CC(C)(C)c1ccc2c(c1)C1(c3ccccc3-c3ccccc31)c1cc(C(C)(C)C)cc(N(c3ccc(-c4ccc(-c5ccccc5)cc4)cc3)c3ccc4c(c3)C(C)(C)c3ccccc3-4)c1-2. The second-order valence-corrected chi connectivity index (χ2v) is 21.7. The van der Waals surface area contributed by atoms with E-state index in [2.05, 4.69) is 260 Å². The molecular weight excluding hydrogens is 807 g/mol. The van der Waals surface area contributed by atoms with Crippen LogP contribution in [0.1, 0.15) is 99.9 Å². The first kappa shape index (κ1) is 41.2. The summed E-state index contributed by atoms with van der Waals surface area (Å²) >= 11 is 0. The fourth-order valence-electron chi connectivity index (χ4n) is 11.9. The van der Waals surface area contributed by atoms with Gasteiger partial charge in [0, 0.05) is 22.4 Å². The maximum Gasteiger partial charge on any atom is 0.0726 e. The third-order valence-corrected chi connectivity index (χ3v) is 15.4. The number of hydrogen-bond acceptors (Lipinski definition) is 1. The summed E-state index contributed by atoms with van der Waals surface area (Å²) in [5.74, 6) is 0. The van der Waals surface area contributed by atoms with Gasteiger partial charge in [-0.05, 0) is 136 Å². The maximum absolute atomic E-state index is 2.59. The van der Waals surface area contributed by atoms with Crippen LogP contribution in [0.3, 0.4) is 0 Å². The molecule has 0 saturated heterocycles. The summed E-state index contributed by atoms with van der Waals surface area (Å²) in [5.41, 5.74) is 26.3. The second kappa shape index (κ2) is 14.6. The summed E-state index contributed by atoms with van der Waals surface area (Å²) in [7, 11) is 0. The lowest BCUT2D eigenvalue weighted by Crippen LogP contribution is -2.27. The molecule has 0 aliphatic heterocycles. The third-order valence-electron chi connectivity index (χ3n) is 15.4. The van der Waals surface area contributed by atoms with Crippen molar-refractivity contribution in [2.24, 2.45) is 0 Å². The fourth-order valence-corrected chi connectivity index (χ4v) is 11.9. The van der Waals surface area contributed by atoms with Gasteiger partial charge in [-0.1, -0.05) is 225 Å². The van der Waals surface area contributed by atoms with Gasteiger partial charge >= 0.3 is 0 Å². The largest absolute Gasteiger partial charge is 0.310 e. The summed E-state index contributed by atoms with van der Waals surface area (Å²) in [6.45, 7) is 18.9. The van der Waals surface area contributed by atoms with Crippen molar-refractivity contribution in [1.82, 2.24) is 0 Å². The van der Waals surface area contributed by atoms with Crippen LogP contribution in [0.2, 0.25) is 0 Å². The molecule has 1 spiro atoms. The van der Waals surface area contributed by atoms with Crippen molar-refractivity contribution in [3.05, 3.63) is 245 Å². The minimum atomic E-state index is -0.502. The first-order valence-electron chi connectivity index (χ1n) is 24.1. The van der Waals surface area contributed by atoms with Gasteiger partial charge in [0.25, 0.3) is 0 Å². The highest BCUT2D eigenvalue weighted by Crippen LogP contribution is 2.66. The Morgan fingerprint density at radius 1 is 0.328 bits per heavy atom. The van der Waals surface area contributed by atoms with Crippen LogP contribution in [0, 0.1) is 0 Å². The van der Waals surface area contributed by atoms with Crippen molar-refractivity contribution < 1.29 is 0 Å². The molecular formula is C66H57N. The molecule has 1 heteroatoms. The Balaban J connectivity index is 1.14. The van der Waals surface area contributed by atoms with Crippen molar-refractivity contribution in [3.8, 4) is 55.6 Å². The van der Waals surface area contributed by atoms with Crippen LogP contribution in [-0.2, 0) is 21.7 Å². The molecule has 12 rings (SSSR count). The van der Waals surface area contributed by atoms with E-state index in [1.807, 2.05) is 0 Å². The van der Waals surface area contributed by atoms with Gasteiger partial charge in [0.05, 0.1) is 11.1 Å². The van der Waals surface area contributed by atoms with E-state index in [-0.39, 0.29) is 16.2 Å². The Bertz CT molecular complexity index is 3380. The van der Waals surface area contributed by atoms with Crippen molar-refractivity contribution >= 4 is 17.1 Å². The quantitative estimate of drug-likeness (QED) is 0.167. The fraction of sp³-hybridized carbons (Fsp3) is 0.182. The molecule has 0 heterocycles. The van der Waals surface area contributed by atoms with Crippen molar-refractivity contribution in [3.63, 3.8) is 0 Å². The number of anilines is 3. The molecule has 0 aromatic heterocycles. The molecule has 0 fully saturated rings. The van der Waals surface area contributed by atoms with Crippen LogP contribution in [0.15, 0.2) is 200 Å². The highest BCUT2D eigenvalue weighted by molar-refractivity contribution is 6.02. The zero-order chi connectivity index (χ0) is 46.0. The zero-order valence-electron chi connectivity index (χ0n) is 40.0. The predicted octanol–water partition coefficient (Wildman–Crippen LogP) is 17.7. The lowest BCUT2D eigenvalue weighted by Gasteiger charge is -2.35. The van der Waals surface area contributed by atoms with Gasteiger partial charge in [-0.2, -0.15) is 0 Å². The van der Waals surface area contributed by atoms with Crippen LogP contribution < -0.4 is 4.90 Å². The van der Waals surface area contributed by atoms with Gasteiger partial charge in [-0.3, -0.25) is 0 Å². The van der Waals surface area contributed by atoms with Crippen LogP contribution in [0.25, 0.3) is 55.6 Å². The molecule has 0 N–H and O–H groups in total. The van der Waals surface area contributed by atoms with Crippen molar-refractivity contribution in [2.45, 2.75) is 77.0 Å². The van der Waals surface area contributed by atoms with Crippen LogP contribution in [-0.4, -0.2) is 0 Å². The molecule has 0 radical (unpaired) electrons. The molecule has 3 aliphatic carbocycles. The number of benzene rings is 9. The molecule has 0 unspecified atom stereocenters. The van der Waals surface area contributed by atoms with E-state index in [4.69, 9.17) is 0 Å². The highest BCUT2D eigenvalue weighted by Gasteiger charge is 2.53. The minimum absolute atomic E-state index is 0.0352. The van der Waals surface area contributed by atoms with Gasteiger partial charge in [-0.25, -0.2) is 0 Å². The number of rotatable bonds is 5. The average molecular weight is 864 g/mol. The summed E-state index contributed by atoms with van der Waals surface area (Å²) in [6, 6.07) is 76.1. The van der Waals surface area contributed by atoms with E-state index < -0.39 is 5.41 Å². The Labute approximate surface area is 397 Å². The lowest BCUT2D eigenvalue weighted by molar-refractivity contribution is 0.586. The molecule has 0 bridgehead atoms. The predicted molar refractivity (Wildman–Crippen MR) is 283 cm³/mol. The summed E-state index contributed by atoms with van der Waals surface area (Å²) in [4.78, 5) is 2.59. The first-order valence-corrected chi connectivity index (χ1v) is 24.1.